The summed E-state index contributed by atoms with van der Waals surface area (Å²) in [4.78, 5) is 40.0. The van der Waals surface area contributed by atoms with Crippen molar-refractivity contribution in [2.75, 3.05) is 32.8 Å². The smallest absolute Gasteiger partial charge is 0.260 e. The van der Waals surface area contributed by atoms with Gasteiger partial charge in [0.2, 0.25) is 0 Å². The number of aryl methyl sites for hydroxylation is 1. The summed E-state index contributed by atoms with van der Waals surface area (Å²) in [6.45, 7) is 5.44. The number of piperazine rings is 1. The van der Waals surface area contributed by atoms with Crippen LogP contribution in [-0.4, -0.2) is 60.2 Å². The van der Waals surface area contributed by atoms with E-state index in [0.717, 1.165) is 6.42 Å². The summed E-state index contributed by atoms with van der Waals surface area (Å²) in [6, 6.07) is 14.5. The van der Waals surface area contributed by atoms with Gasteiger partial charge >= 0.3 is 0 Å². The van der Waals surface area contributed by atoms with E-state index in [9.17, 15) is 14.4 Å². The lowest BCUT2D eigenvalue weighted by atomic mass is 10.1. The van der Waals surface area contributed by atoms with Crippen LogP contribution in [0.4, 0.5) is 0 Å². The molecule has 0 radical (unpaired) electrons. The third-order valence-electron chi connectivity index (χ3n) is 5.13. The molecule has 6 nitrogen and oxygen atoms in total. The lowest BCUT2D eigenvalue weighted by Gasteiger charge is -2.34. The molecule has 0 saturated carbocycles. The quantitative estimate of drug-likeness (QED) is 0.707. The normalized spacial score (nSPS) is 13.9. The van der Waals surface area contributed by atoms with Crippen molar-refractivity contribution < 1.29 is 19.1 Å². The summed E-state index contributed by atoms with van der Waals surface area (Å²) >= 11 is 0. The largest absolute Gasteiger partial charge is 0.484 e. The van der Waals surface area contributed by atoms with Crippen molar-refractivity contribution in [2.24, 2.45) is 0 Å². The van der Waals surface area contributed by atoms with Crippen LogP contribution in [0.3, 0.4) is 0 Å². The van der Waals surface area contributed by atoms with Gasteiger partial charge in [-0.15, -0.1) is 0 Å². The summed E-state index contributed by atoms with van der Waals surface area (Å²) in [5.41, 5.74) is 2.43. The number of ether oxygens (including phenoxy) is 1. The van der Waals surface area contributed by atoms with Gasteiger partial charge in [0.05, 0.1) is 0 Å². The number of hydrogen-bond donors (Lipinski definition) is 0. The summed E-state index contributed by atoms with van der Waals surface area (Å²) in [6.07, 6.45) is 0.941. The third-order valence-corrected chi connectivity index (χ3v) is 5.13. The van der Waals surface area contributed by atoms with Gasteiger partial charge in [0.15, 0.2) is 12.4 Å². The molecule has 1 saturated heterocycles. The molecule has 29 heavy (non-hydrogen) atoms. The fourth-order valence-electron chi connectivity index (χ4n) is 3.27. The van der Waals surface area contributed by atoms with Gasteiger partial charge in [0.1, 0.15) is 5.75 Å². The SMILES string of the molecule is CCc1ccc(C(=O)N2CCN(C(=O)COc3cccc(C(C)=O)c3)CC2)cc1. The molecule has 0 unspecified atom stereocenters. The first kappa shape index (κ1) is 20.6. The Morgan fingerprint density at radius 3 is 2.17 bits per heavy atom. The molecule has 0 spiro atoms. The number of benzene rings is 2. The molecule has 1 heterocycles. The predicted molar refractivity (Wildman–Crippen MR) is 110 cm³/mol. The van der Waals surface area contributed by atoms with Crippen LogP contribution < -0.4 is 4.74 Å². The number of amides is 2. The fourth-order valence-corrected chi connectivity index (χ4v) is 3.27. The van der Waals surface area contributed by atoms with E-state index in [-0.39, 0.29) is 24.2 Å². The molecule has 0 atom stereocenters. The van der Waals surface area contributed by atoms with E-state index in [1.807, 2.05) is 24.3 Å². The molecular weight excluding hydrogens is 368 g/mol. The van der Waals surface area contributed by atoms with E-state index >= 15 is 0 Å². The van der Waals surface area contributed by atoms with Crippen molar-refractivity contribution in [1.29, 1.82) is 0 Å². The van der Waals surface area contributed by atoms with Crippen molar-refractivity contribution in [3.63, 3.8) is 0 Å². The topological polar surface area (TPSA) is 66.9 Å². The van der Waals surface area contributed by atoms with Crippen molar-refractivity contribution in [1.82, 2.24) is 9.80 Å². The Hall–Kier alpha value is -3.15. The lowest BCUT2D eigenvalue weighted by Crippen LogP contribution is -2.51. The van der Waals surface area contributed by atoms with Crippen LogP contribution in [0.5, 0.6) is 5.75 Å². The highest BCUT2D eigenvalue weighted by Gasteiger charge is 2.25. The molecule has 0 N–H and O–H groups in total. The van der Waals surface area contributed by atoms with Crippen LogP contribution in [0.1, 0.15) is 40.1 Å². The molecule has 1 fully saturated rings. The van der Waals surface area contributed by atoms with Crippen LogP contribution in [0.25, 0.3) is 0 Å². The number of rotatable bonds is 6. The molecule has 1 aliphatic rings. The van der Waals surface area contributed by atoms with E-state index in [0.29, 0.717) is 43.1 Å². The summed E-state index contributed by atoms with van der Waals surface area (Å²) in [5.74, 6) is 0.317. The molecule has 0 aliphatic carbocycles. The van der Waals surface area contributed by atoms with Gasteiger partial charge in [-0.05, 0) is 43.2 Å². The molecule has 1 aliphatic heterocycles. The zero-order chi connectivity index (χ0) is 20.8. The maximum absolute atomic E-state index is 12.6. The van der Waals surface area contributed by atoms with Gasteiger partial charge in [-0.2, -0.15) is 0 Å². The van der Waals surface area contributed by atoms with Gasteiger partial charge in [0.25, 0.3) is 11.8 Å². The van der Waals surface area contributed by atoms with Gasteiger partial charge in [-0.1, -0.05) is 31.2 Å². The molecule has 2 aromatic carbocycles. The number of carbonyl (C=O) groups excluding carboxylic acids is 3. The zero-order valence-electron chi connectivity index (χ0n) is 16.9. The molecule has 152 valence electrons. The highest BCUT2D eigenvalue weighted by molar-refractivity contribution is 5.95. The first-order valence-corrected chi connectivity index (χ1v) is 9.87. The second-order valence-corrected chi connectivity index (χ2v) is 7.10. The number of nitrogens with zero attached hydrogens (tertiary/aromatic N) is 2. The second-order valence-electron chi connectivity index (χ2n) is 7.10. The van der Waals surface area contributed by atoms with E-state index in [1.54, 1.807) is 34.1 Å². The number of ketones is 1. The van der Waals surface area contributed by atoms with Crippen LogP contribution in [0, 0.1) is 0 Å². The lowest BCUT2D eigenvalue weighted by molar-refractivity contribution is -0.134. The van der Waals surface area contributed by atoms with Gasteiger partial charge in [0, 0.05) is 37.3 Å². The van der Waals surface area contributed by atoms with E-state index in [2.05, 4.69) is 6.92 Å². The predicted octanol–water partition coefficient (Wildman–Crippen LogP) is 2.82. The van der Waals surface area contributed by atoms with E-state index in [1.165, 1.54) is 12.5 Å². The molecule has 2 amide bonds. The Bertz CT molecular complexity index is 884. The third kappa shape index (κ3) is 5.22. The van der Waals surface area contributed by atoms with Crippen molar-refractivity contribution in [3.05, 3.63) is 65.2 Å². The first-order valence-electron chi connectivity index (χ1n) is 9.87. The first-order chi connectivity index (χ1) is 14.0. The van der Waals surface area contributed by atoms with Crippen LogP contribution in [-0.2, 0) is 11.2 Å². The molecule has 0 bridgehead atoms. The average molecular weight is 394 g/mol. The standard InChI is InChI=1S/C23H26N2O4/c1-3-18-7-9-19(10-8-18)23(28)25-13-11-24(12-14-25)22(27)16-29-21-6-4-5-20(15-21)17(2)26/h4-10,15H,3,11-14,16H2,1-2H3. The number of hydrogen-bond acceptors (Lipinski definition) is 4. The maximum atomic E-state index is 12.6. The van der Waals surface area contributed by atoms with Crippen molar-refractivity contribution in [3.8, 4) is 5.75 Å². The monoisotopic (exact) mass is 394 g/mol. The maximum Gasteiger partial charge on any atom is 0.260 e. The van der Waals surface area contributed by atoms with E-state index in [4.69, 9.17) is 4.74 Å². The Morgan fingerprint density at radius 2 is 1.55 bits per heavy atom. The summed E-state index contributed by atoms with van der Waals surface area (Å²) in [5, 5.41) is 0. The Balaban J connectivity index is 1.49. The number of Topliss-reactive ketones (excluding diaryl/α,β-unsaturated/α-hetero) is 1. The van der Waals surface area contributed by atoms with Crippen LogP contribution in [0.2, 0.25) is 0 Å². The Kier molecular flexibility index (Phi) is 6.65. The number of carbonyl (C=O) groups is 3. The molecular formula is C23H26N2O4. The Morgan fingerprint density at radius 1 is 0.897 bits per heavy atom. The van der Waals surface area contributed by atoms with Crippen molar-refractivity contribution in [2.45, 2.75) is 20.3 Å². The van der Waals surface area contributed by atoms with Gasteiger partial charge in [-0.3, -0.25) is 14.4 Å². The van der Waals surface area contributed by atoms with Crippen LogP contribution in [0.15, 0.2) is 48.5 Å². The molecule has 0 aromatic heterocycles. The minimum absolute atomic E-state index is 0.00273. The average Bonchev–Trinajstić information content (AvgIpc) is 2.77. The summed E-state index contributed by atoms with van der Waals surface area (Å²) < 4.78 is 5.55. The van der Waals surface area contributed by atoms with E-state index < -0.39 is 0 Å². The van der Waals surface area contributed by atoms with Crippen LogP contribution >= 0.6 is 0 Å². The molecule has 3 rings (SSSR count). The van der Waals surface area contributed by atoms with Gasteiger partial charge in [-0.25, -0.2) is 0 Å². The fraction of sp³-hybridized carbons (Fsp3) is 0.348. The minimum atomic E-state index is -0.127. The highest BCUT2D eigenvalue weighted by Crippen LogP contribution is 2.15. The second kappa shape index (κ2) is 9.37. The van der Waals surface area contributed by atoms with Crippen molar-refractivity contribution >= 4 is 17.6 Å². The van der Waals surface area contributed by atoms with Gasteiger partial charge < -0.3 is 14.5 Å². The Labute approximate surface area is 171 Å². The highest BCUT2D eigenvalue weighted by atomic mass is 16.5. The molecule has 6 heteroatoms. The zero-order valence-corrected chi connectivity index (χ0v) is 16.9. The minimum Gasteiger partial charge on any atom is -0.484 e. The summed E-state index contributed by atoms with van der Waals surface area (Å²) in [7, 11) is 0. The molecule has 2 aromatic rings.